The molecule has 2 rings (SSSR count). The molecule has 0 aliphatic heterocycles. The van der Waals surface area contributed by atoms with Crippen LogP contribution < -0.4 is 4.90 Å². The Bertz CT molecular complexity index is 625. The molecule has 0 N–H and O–H groups in total. The van der Waals surface area contributed by atoms with Crippen LogP contribution in [0, 0.1) is 6.92 Å². The highest BCUT2D eigenvalue weighted by molar-refractivity contribution is 7.09. The highest BCUT2D eigenvalue weighted by Crippen LogP contribution is 2.35. The van der Waals surface area contributed by atoms with E-state index in [1.807, 2.05) is 12.3 Å². The van der Waals surface area contributed by atoms with Crippen molar-refractivity contribution in [3.63, 3.8) is 0 Å². The second-order valence-electron chi connectivity index (χ2n) is 4.69. The van der Waals surface area contributed by atoms with E-state index < -0.39 is 11.7 Å². The van der Waals surface area contributed by atoms with Crippen LogP contribution in [0.25, 0.3) is 0 Å². The number of alkyl halides is 4. The lowest BCUT2D eigenvalue weighted by molar-refractivity contribution is -0.138. The summed E-state index contributed by atoms with van der Waals surface area (Å²) in [6.45, 7) is 2.35. The van der Waals surface area contributed by atoms with Crippen molar-refractivity contribution in [2.24, 2.45) is 0 Å². The van der Waals surface area contributed by atoms with E-state index in [0.29, 0.717) is 12.2 Å². The number of benzene rings is 1. The number of aromatic nitrogens is 1. The Kier molecular flexibility index (Phi) is 4.78. The molecule has 114 valence electrons. The van der Waals surface area contributed by atoms with Gasteiger partial charge in [-0.05, 0) is 24.6 Å². The van der Waals surface area contributed by atoms with Crippen LogP contribution in [-0.2, 0) is 18.6 Å². The first-order valence-electron chi connectivity index (χ1n) is 6.19. The summed E-state index contributed by atoms with van der Waals surface area (Å²) >= 11 is 7.10. The third-order valence-corrected chi connectivity index (χ3v) is 4.16. The van der Waals surface area contributed by atoms with Crippen molar-refractivity contribution in [1.29, 1.82) is 0 Å². The van der Waals surface area contributed by atoms with Gasteiger partial charge in [-0.25, -0.2) is 4.98 Å². The van der Waals surface area contributed by atoms with E-state index in [1.165, 1.54) is 17.4 Å². The Labute approximate surface area is 130 Å². The quantitative estimate of drug-likeness (QED) is 0.743. The van der Waals surface area contributed by atoms with Crippen molar-refractivity contribution < 1.29 is 13.2 Å². The zero-order chi connectivity index (χ0) is 15.6. The summed E-state index contributed by atoms with van der Waals surface area (Å²) in [4.78, 5) is 6.05. The minimum atomic E-state index is -4.40. The average Bonchev–Trinajstić information content (AvgIpc) is 2.82. The Hall–Kier alpha value is -1.27. The van der Waals surface area contributed by atoms with E-state index in [9.17, 15) is 13.2 Å². The van der Waals surface area contributed by atoms with Gasteiger partial charge in [0.2, 0.25) is 0 Å². The summed E-state index contributed by atoms with van der Waals surface area (Å²) < 4.78 is 39.1. The van der Waals surface area contributed by atoms with Crippen molar-refractivity contribution in [3.05, 3.63) is 45.4 Å². The Balaban J connectivity index is 2.27. The van der Waals surface area contributed by atoms with Gasteiger partial charge in [0.25, 0.3) is 0 Å². The summed E-state index contributed by atoms with van der Waals surface area (Å²) in [7, 11) is 1.74. The van der Waals surface area contributed by atoms with E-state index in [2.05, 4.69) is 4.98 Å². The minimum absolute atomic E-state index is 0.0887. The second kappa shape index (κ2) is 6.23. The van der Waals surface area contributed by atoms with Gasteiger partial charge in [-0.15, -0.1) is 22.9 Å². The van der Waals surface area contributed by atoms with Gasteiger partial charge in [0.1, 0.15) is 0 Å². The second-order valence-corrected chi connectivity index (χ2v) is 6.02. The standard InChI is InChI=1S/C14H14ClF3N2S/c1-9-19-11(8-21-9)7-20(2)12-4-3-10(6-15)13(5-12)14(16,17)18/h3-5,8H,6-7H2,1-2H3. The fourth-order valence-electron chi connectivity index (χ4n) is 2.00. The molecular formula is C14H14ClF3N2S. The monoisotopic (exact) mass is 334 g/mol. The summed E-state index contributed by atoms with van der Waals surface area (Å²) in [6.07, 6.45) is -4.40. The molecule has 0 atom stereocenters. The number of rotatable bonds is 4. The zero-order valence-corrected chi connectivity index (χ0v) is 13.1. The summed E-state index contributed by atoms with van der Waals surface area (Å²) in [5.41, 5.74) is 0.735. The molecule has 1 aromatic carbocycles. The molecule has 1 heterocycles. The number of hydrogen-bond acceptors (Lipinski definition) is 3. The summed E-state index contributed by atoms with van der Waals surface area (Å²) in [5, 5.41) is 2.84. The first kappa shape index (κ1) is 16.1. The molecule has 0 saturated heterocycles. The maximum Gasteiger partial charge on any atom is 0.416 e. The van der Waals surface area contributed by atoms with Crippen LogP contribution in [0.15, 0.2) is 23.6 Å². The molecule has 2 nitrogen and oxygen atoms in total. The van der Waals surface area contributed by atoms with Crippen LogP contribution >= 0.6 is 22.9 Å². The fraction of sp³-hybridized carbons (Fsp3) is 0.357. The van der Waals surface area contributed by atoms with Gasteiger partial charge < -0.3 is 4.90 Å². The average molecular weight is 335 g/mol. The van der Waals surface area contributed by atoms with E-state index in [0.717, 1.165) is 16.8 Å². The van der Waals surface area contributed by atoms with Crippen LogP contribution in [-0.4, -0.2) is 12.0 Å². The van der Waals surface area contributed by atoms with Crippen LogP contribution in [0.4, 0.5) is 18.9 Å². The van der Waals surface area contributed by atoms with E-state index >= 15 is 0 Å². The Morgan fingerprint density at radius 3 is 2.57 bits per heavy atom. The van der Waals surface area contributed by atoms with Crippen molar-refractivity contribution in [2.45, 2.75) is 25.5 Å². The van der Waals surface area contributed by atoms with Crippen molar-refractivity contribution in [2.75, 3.05) is 11.9 Å². The number of nitrogens with zero attached hydrogens (tertiary/aromatic N) is 2. The largest absolute Gasteiger partial charge is 0.416 e. The maximum absolute atomic E-state index is 13.0. The van der Waals surface area contributed by atoms with Crippen LogP contribution in [0.3, 0.4) is 0 Å². The van der Waals surface area contributed by atoms with Crippen LogP contribution in [0.2, 0.25) is 0 Å². The smallest absolute Gasteiger partial charge is 0.369 e. The third-order valence-electron chi connectivity index (χ3n) is 3.05. The number of anilines is 1. The molecule has 21 heavy (non-hydrogen) atoms. The molecule has 0 radical (unpaired) electrons. The van der Waals surface area contributed by atoms with Gasteiger partial charge in [-0.3, -0.25) is 0 Å². The van der Waals surface area contributed by atoms with Gasteiger partial charge in [0.15, 0.2) is 0 Å². The van der Waals surface area contributed by atoms with E-state index in [4.69, 9.17) is 11.6 Å². The van der Waals surface area contributed by atoms with Gasteiger partial charge in [0, 0.05) is 24.0 Å². The summed E-state index contributed by atoms with van der Waals surface area (Å²) in [6, 6.07) is 4.21. The lowest BCUT2D eigenvalue weighted by atomic mass is 10.1. The first-order valence-corrected chi connectivity index (χ1v) is 7.61. The Morgan fingerprint density at radius 1 is 1.33 bits per heavy atom. The minimum Gasteiger partial charge on any atom is -0.369 e. The molecular weight excluding hydrogens is 321 g/mol. The SMILES string of the molecule is Cc1nc(CN(C)c2ccc(CCl)c(C(F)(F)F)c2)cs1. The molecule has 0 bridgehead atoms. The van der Waals surface area contributed by atoms with Crippen molar-refractivity contribution in [1.82, 2.24) is 4.98 Å². The molecule has 0 saturated carbocycles. The maximum atomic E-state index is 13.0. The number of hydrogen-bond donors (Lipinski definition) is 0. The molecule has 0 aliphatic rings. The third kappa shape index (κ3) is 3.89. The molecule has 0 spiro atoms. The predicted octanol–water partition coefficient (Wildman–Crippen LogP) is 4.85. The highest BCUT2D eigenvalue weighted by atomic mass is 35.5. The van der Waals surface area contributed by atoms with Crippen LogP contribution in [0.1, 0.15) is 21.8 Å². The normalized spacial score (nSPS) is 11.7. The molecule has 0 amide bonds. The lowest BCUT2D eigenvalue weighted by Gasteiger charge is -2.21. The number of thiazole rings is 1. The van der Waals surface area contributed by atoms with Gasteiger partial charge in [-0.2, -0.15) is 13.2 Å². The number of aryl methyl sites for hydroxylation is 1. The zero-order valence-electron chi connectivity index (χ0n) is 11.5. The predicted molar refractivity (Wildman–Crippen MR) is 80.0 cm³/mol. The van der Waals surface area contributed by atoms with E-state index in [1.54, 1.807) is 18.0 Å². The van der Waals surface area contributed by atoms with Crippen molar-refractivity contribution in [3.8, 4) is 0 Å². The topological polar surface area (TPSA) is 16.1 Å². The fourth-order valence-corrected chi connectivity index (χ4v) is 2.83. The molecule has 0 unspecified atom stereocenters. The summed E-state index contributed by atoms with van der Waals surface area (Å²) in [5.74, 6) is -0.163. The molecule has 2 aromatic rings. The van der Waals surface area contributed by atoms with Crippen molar-refractivity contribution >= 4 is 28.6 Å². The van der Waals surface area contributed by atoms with E-state index in [-0.39, 0.29) is 11.4 Å². The first-order chi connectivity index (χ1) is 9.81. The Morgan fingerprint density at radius 2 is 2.05 bits per heavy atom. The molecule has 1 aromatic heterocycles. The number of halogens is 4. The molecule has 0 fully saturated rings. The van der Waals surface area contributed by atoms with Crippen LogP contribution in [0.5, 0.6) is 0 Å². The molecule has 7 heteroatoms. The molecule has 0 aliphatic carbocycles. The van der Waals surface area contributed by atoms with Gasteiger partial charge >= 0.3 is 6.18 Å². The van der Waals surface area contributed by atoms with Gasteiger partial charge in [0.05, 0.1) is 22.8 Å². The lowest BCUT2D eigenvalue weighted by Crippen LogP contribution is -2.18. The highest BCUT2D eigenvalue weighted by Gasteiger charge is 2.33. The van der Waals surface area contributed by atoms with Gasteiger partial charge in [-0.1, -0.05) is 6.07 Å².